The van der Waals surface area contributed by atoms with Gasteiger partial charge < -0.3 is 16.3 Å². The zero-order chi connectivity index (χ0) is 15.2. The Morgan fingerprint density at radius 2 is 2.00 bits per heavy atom. The van der Waals surface area contributed by atoms with Crippen LogP contribution in [0.25, 0.3) is 0 Å². The van der Waals surface area contributed by atoms with Crippen molar-refractivity contribution in [3.63, 3.8) is 0 Å². The topological polar surface area (TPSA) is 70.6 Å². The summed E-state index contributed by atoms with van der Waals surface area (Å²) in [7, 11) is 0. The Hall–Kier alpha value is -2.08. The van der Waals surface area contributed by atoms with Crippen LogP contribution in [0.5, 0.6) is 0 Å². The minimum atomic E-state index is -0.319. The molecule has 4 nitrogen and oxygen atoms in total. The molecule has 0 spiro atoms. The molecule has 2 aromatic rings. The molecule has 0 aliphatic heterocycles. The number of hydrogen-bond acceptors (Lipinski definition) is 3. The van der Waals surface area contributed by atoms with Gasteiger partial charge in [-0.25, -0.2) is 4.39 Å². The molecule has 6 heteroatoms. The molecule has 0 bridgehead atoms. The highest BCUT2D eigenvalue weighted by Gasteiger charge is 2.15. The molecule has 2 rings (SSSR count). The van der Waals surface area contributed by atoms with Gasteiger partial charge in [-0.05, 0) is 39.7 Å². The highest BCUT2D eigenvalue weighted by atomic mass is 79.9. The van der Waals surface area contributed by atoms with Crippen LogP contribution in [0.4, 0.5) is 10.1 Å². The molecular formula is C15H15BrFN3O. The van der Waals surface area contributed by atoms with Crippen molar-refractivity contribution < 1.29 is 9.60 Å². The number of nitrogens with zero attached hydrogens (tertiary/aromatic N) is 1. The number of amidine groups is 1. The molecule has 0 aromatic heterocycles. The number of nitrogens with two attached hydrogens (primary N) is 1. The maximum absolute atomic E-state index is 13.1. The summed E-state index contributed by atoms with van der Waals surface area (Å²) < 4.78 is 13.8. The minimum Gasteiger partial charge on any atom is -0.409 e. The van der Waals surface area contributed by atoms with Gasteiger partial charge in [0, 0.05) is 16.6 Å². The number of benzene rings is 2. The van der Waals surface area contributed by atoms with E-state index >= 15 is 0 Å². The van der Waals surface area contributed by atoms with Gasteiger partial charge >= 0.3 is 0 Å². The Morgan fingerprint density at radius 3 is 2.62 bits per heavy atom. The smallest absolute Gasteiger partial charge is 0.141 e. The van der Waals surface area contributed by atoms with E-state index in [-0.39, 0.29) is 17.7 Å². The van der Waals surface area contributed by atoms with Crippen LogP contribution in [-0.4, -0.2) is 11.0 Å². The maximum atomic E-state index is 13.1. The van der Waals surface area contributed by atoms with Crippen molar-refractivity contribution >= 4 is 27.5 Å². The summed E-state index contributed by atoms with van der Waals surface area (Å²) in [6, 6.07) is 13.8. The van der Waals surface area contributed by atoms with E-state index in [1.54, 1.807) is 6.07 Å². The number of nitrogens with one attached hydrogen (secondary N) is 1. The fourth-order valence-corrected chi connectivity index (χ4v) is 2.45. The summed E-state index contributed by atoms with van der Waals surface area (Å²) in [5.74, 6) is -0.199. The van der Waals surface area contributed by atoms with Crippen molar-refractivity contribution in [2.45, 2.75) is 12.5 Å². The summed E-state index contributed by atoms with van der Waals surface area (Å²) >= 11 is 3.32. The summed E-state index contributed by atoms with van der Waals surface area (Å²) in [6.45, 7) is 0. The first-order valence-corrected chi connectivity index (χ1v) is 7.12. The molecule has 0 radical (unpaired) electrons. The lowest BCUT2D eigenvalue weighted by Crippen LogP contribution is -2.21. The van der Waals surface area contributed by atoms with E-state index in [1.807, 2.05) is 30.3 Å². The lowest BCUT2D eigenvalue weighted by atomic mass is 10.0. The second-order valence-corrected chi connectivity index (χ2v) is 5.38. The van der Waals surface area contributed by atoms with Crippen LogP contribution >= 0.6 is 15.9 Å². The first kappa shape index (κ1) is 15.3. The van der Waals surface area contributed by atoms with Crippen molar-refractivity contribution in [1.29, 1.82) is 0 Å². The minimum absolute atomic E-state index is 0.120. The monoisotopic (exact) mass is 351 g/mol. The summed E-state index contributed by atoms with van der Waals surface area (Å²) in [6.07, 6.45) is 0.324. The lowest BCUT2D eigenvalue weighted by molar-refractivity contribution is 0.316. The summed E-state index contributed by atoms with van der Waals surface area (Å²) in [5, 5.41) is 15.0. The van der Waals surface area contributed by atoms with Crippen molar-refractivity contribution in [3.8, 4) is 0 Å². The number of rotatable bonds is 5. The van der Waals surface area contributed by atoms with Crippen LogP contribution < -0.4 is 11.1 Å². The van der Waals surface area contributed by atoms with Gasteiger partial charge in [0.25, 0.3) is 0 Å². The molecule has 0 aliphatic rings. The molecule has 0 saturated carbocycles. The molecule has 0 aliphatic carbocycles. The van der Waals surface area contributed by atoms with E-state index in [1.165, 1.54) is 12.1 Å². The Kier molecular flexibility index (Phi) is 5.16. The quantitative estimate of drug-likeness (QED) is 0.331. The van der Waals surface area contributed by atoms with E-state index in [0.29, 0.717) is 10.9 Å². The predicted molar refractivity (Wildman–Crippen MR) is 84.9 cm³/mol. The third-order valence-corrected chi connectivity index (χ3v) is 3.66. The molecule has 110 valence electrons. The van der Waals surface area contributed by atoms with E-state index in [0.717, 1.165) is 11.3 Å². The summed E-state index contributed by atoms with van der Waals surface area (Å²) in [5.41, 5.74) is 7.33. The lowest BCUT2D eigenvalue weighted by Gasteiger charge is -2.20. The maximum Gasteiger partial charge on any atom is 0.141 e. The third-order valence-electron chi connectivity index (χ3n) is 3.00. The molecular weight excluding hydrogens is 337 g/mol. The first-order chi connectivity index (χ1) is 10.1. The Balaban J connectivity index is 2.27. The standard InChI is InChI=1S/C15H15BrFN3O/c16-12-8-11(17)6-7-13(12)19-14(9-15(18)20-21)10-4-2-1-3-5-10/h1-8,14,19,21H,9H2,(H2,18,20). The fourth-order valence-electron chi connectivity index (χ4n) is 1.98. The van der Waals surface area contributed by atoms with Crippen LogP contribution in [0.1, 0.15) is 18.0 Å². The molecule has 1 unspecified atom stereocenters. The summed E-state index contributed by atoms with van der Waals surface area (Å²) in [4.78, 5) is 0. The number of halogens is 2. The fraction of sp³-hybridized carbons (Fsp3) is 0.133. The molecule has 0 saturated heterocycles. The Labute approximate surface area is 130 Å². The van der Waals surface area contributed by atoms with Crippen LogP contribution in [0, 0.1) is 5.82 Å². The van der Waals surface area contributed by atoms with Gasteiger partial charge in [-0.2, -0.15) is 0 Å². The second-order valence-electron chi connectivity index (χ2n) is 4.53. The predicted octanol–water partition coefficient (Wildman–Crippen LogP) is 3.88. The van der Waals surface area contributed by atoms with Crippen molar-refractivity contribution in [1.82, 2.24) is 0 Å². The van der Waals surface area contributed by atoms with E-state index in [2.05, 4.69) is 26.4 Å². The zero-order valence-corrected chi connectivity index (χ0v) is 12.7. The largest absolute Gasteiger partial charge is 0.409 e. The van der Waals surface area contributed by atoms with Gasteiger partial charge in [-0.15, -0.1) is 0 Å². The molecule has 1 atom stereocenters. The Bertz CT molecular complexity index is 634. The van der Waals surface area contributed by atoms with Gasteiger partial charge in [-0.1, -0.05) is 35.5 Å². The first-order valence-electron chi connectivity index (χ1n) is 6.33. The third kappa shape index (κ3) is 4.19. The van der Waals surface area contributed by atoms with Crippen LogP contribution in [0.3, 0.4) is 0 Å². The average Bonchev–Trinajstić information content (AvgIpc) is 2.49. The Morgan fingerprint density at radius 1 is 1.29 bits per heavy atom. The SMILES string of the molecule is NC(CC(Nc1ccc(F)cc1Br)c1ccccc1)=NO. The molecule has 0 fully saturated rings. The highest BCUT2D eigenvalue weighted by Crippen LogP contribution is 2.28. The van der Waals surface area contributed by atoms with Gasteiger partial charge in [0.05, 0.1) is 6.04 Å². The van der Waals surface area contributed by atoms with E-state index in [9.17, 15) is 4.39 Å². The number of anilines is 1. The van der Waals surface area contributed by atoms with Crippen LogP contribution in [0.2, 0.25) is 0 Å². The number of hydrogen-bond donors (Lipinski definition) is 3. The molecule has 4 N–H and O–H groups in total. The average molecular weight is 352 g/mol. The zero-order valence-electron chi connectivity index (χ0n) is 11.1. The normalized spacial score (nSPS) is 13.0. The van der Waals surface area contributed by atoms with Crippen molar-refractivity contribution in [2.24, 2.45) is 10.9 Å². The van der Waals surface area contributed by atoms with Crippen molar-refractivity contribution in [2.75, 3.05) is 5.32 Å². The van der Waals surface area contributed by atoms with Gasteiger partial charge in [0.1, 0.15) is 11.7 Å². The van der Waals surface area contributed by atoms with E-state index < -0.39 is 0 Å². The molecule has 0 heterocycles. The van der Waals surface area contributed by atoms with Crippen LogP contribution in [0.15, 0.2) is 58.2 Å². The van der Waals surface area contributed by atoms with Crippen LogP contribution in [-0.2, 0) is 0 Å². The van der Waals surface area contributed by atoms with E-state index in [4.69, 9.17) is 10.9 Å². The van der Waals surface area contributed by atoms with Gasteiger partial charge in [0.2, 0.25) is 0 Å². The second kappa shape index (κ2) is 7.08. The van der Waals surface area contributed by atoms with Crippen molar-refractivity contribution in [3.05, 3.63) is 64.4 Å². The van der Waals surface area contributed by atoms with Gasteiger partial charge in [0.15, 0.2) is 0 Å². The highest BCUT2D eigenvalue weighted by molar-refractivity contribution is 9.10. The molecule has 21 heavy (non-hydrogen) atoms. The van der Waals surface area contributed by atoms with Gasteiger partial charge in [-0.3, -0.25) is 0 Å². The molecule has 2 aromatic carbocycles. The molecule has 0 amide bonds. The number of oxime groups is 1.